The van der Waals surface area contributed by atoms with Gasteiger partial charge >= 0.3 is 12.0 Å². The zero-order valence-electron chi connectivity index (χ0n) is 12.9. The molecule has 0 saturated carbocycles. The summed E-state index contributed by atoms with van der Waals surface area (Å²) in [6.07, 6.45) is 2.14. The van der Waals surface area contributed by atoms with E-state index in [9.17, 15) is 9.59 Å². The van der Waals surface area contributed by atoms with Crippen molar-refractivity contribution in [3.63, 3.8) is 0 Å². The van der Waals surface area contributed by atoms with Crippen molar-refractivity contribution in [2.45, 2.75) is 13.0 Å². The fourth-order valence-corrected chi connectivity index (χ4v) is 3.01. The summed E-state index contributed by atoms with van der Waals surface area (Å²) in [6, 6.07) is 6.83. The van der Waals surface area contributed by atoms with E-state index in [2.05, 4.69) is 6.19 Å². The predicted octanol–water partition coefficient (Wildman–Crippen LogP) is 1.27. The number of ether oxygens (including phenoxy) is 1. The van der Waals surface area contributed by atoms with Gasteiger partial charge in [-0.2, -0.15) is 5.26 Å². The number of nitrogens with zero attached hydrogens (tertiary/aromatic N) is 4. The van der Waals surface area contributed by atoms with Crippen molar-refractivity contribution in [3.05, 3.63) is 29.8 Å². The van der Waals surface area contributed by atoms with Gasteiger partial charge < -0.3 is 14.5 Å². The number of piperazine rings is 1. The first-order valence-electron chi connectivity index (χ1n) is 7.64. The van der Waals surface area contributed by atoms with Gasteiger partial charge in [-0.1, -0.05) is 0 Å². The van der Waals surface area contributed by atoms with Gasteiger partial charge in [0.1, 0.15) is 0 Å². The number of esters is 1. The Bertz CT molecular complexity index is 652. The summed E-state index contributed by atoms with van der Waals surface area (Å²) < 4.78 is 4.95. The van der Waals surface area contributed by atoms with Crippen LogP contribution in [0.25, 0.3) is 0 Å². The van der Waals surface area contributed by atoms with Crippen molar-refractivity contribution in [1.29, 1.82) is 5.26 Å². The highest BCUT2D eigenvalue weighted by Gasteiger charge is 2.41. The molecule has 0 aliphatic carbocycles. The Morgan fingerprint density at radius 2 is 2.04 bits per heavy atom. The Kier molecular flexibility index (Phi) is 4.06. The lowest BCUT2D eigenvalue weighted by Crippen LogP contribution is -2.50. The summed E-state index contributed by atoms with van der Waals surface area (Å²) >= 11 is 0. The number of carbonyl (C=O) groups is 2. The SMILES string of the molecule is CCOC(=O)c1ccc(N2C[C@H]3CN(C#N)CCN3C2=O)cc1. The highest BCUT2D eigenvalue weighted by molar-refractivity contribution is 5.96. The lowest BCUT2D eigenvalue weighted by atomic mass is 10.2. The highest BCUT2D eigenvalue weighted by atomic mass is 16.5. The quantitative estimate of drug-likeness (QED) is 0.620. The zero-order valence-corrected chi connectivity index (χ0v) is 12.9. The van der Waals surface area contributed by atoms with Crippen LogP contribution in [0.15, 0.2) is 24.3 Å². The normalized spacial score (nSPS) is 20.3. The van der Waals surface area contributed by atoms with Gasteiger partial charge in [-0.25, -0.2) is 9.59 Å². The van der Waals surface area contributed by atoms with E-state index >= 15 is 0 Å². The molecule has 0 aromatic heterocycles. The maximum atomic E-state index is 12.5. The van der Waals surface area contributed by atoms with E-state index < -0.39 is 0 Å². The Morgan fingerprint density at radius 1 is 1.30 bits per heavy atom. The molecule has 1 aromatic carbocycles. The molecule has 2 amide bonds. The molecule has 1 aromatic rings. The fourth-order valence-electron chi connectivity index (χ4n) is 3.01. The second-order valence-corrected chi connectivity index (χ2v) is 5.55. The molecule has 3 rings (SSSR count). The van der Waals surface area contributed by atoms with Gasteiger partial charge in [0, 0.05) is 25.3 Å². The van der Waals surface area contributed by atoms with Crippen molar-refractivity contribution >= 4 is 17.7 Å². The van der Waals surface area contributed by atoms with Crippen LogP contribution in [0.3, 0.4) is 0 Å². The van der Waals surface area contributed by atoms with Crippen LogP contribution in [0.4, 0.5) is 10.5 Å². The number of rotatable bonds is 3. The van der Waals surface area contributed by atoms with E-state index in [4.69, 9.17) is 10.00 Å². The molecule has 2 aliphatic rings. The first-order valence-corrected chi connectivity index (χ1v) is 7.64. The number of nitriles is 1. The van der Waals surface area contributed by atoms with Crippen LogP contribution in [-0.4, -0.2) is 60.6 Å². The third-order valence-electron chi connectivity index (χ3n) is 4.18. The monoisotopic (exact) mass is 314 g/mol. The van der Waals surface area contributed by atoms with Crippen LogP contribution in [0.5, 0.6) is 0 Å². The summed E-state index contributed by atoms with van der Waals surface area (Å²) in [5.74, 6) is -0.367. The van der Waals surface area contributed by atoms with E-state index in [1.54, 1.807) is 41.0 Å². The number of hydrogen-bond donors (Lipinski definition) is 0. The number of benzene rings is 1. The maximum Gasteiger partial charge on any atom is 0.338 e. The first-order chi connectivity index (χ1) is 11.1. The molecule has 0 radical (unpaired) electrons. The van der Waals surface area contributed by atoms with Crippen LogP contribution >= 0.6 is 0 Å². The van der Waals surface area contributed by atoms with E-state index in [-0.39, 0.29) is 18.0 Å². The van der Waals surface area contributed by atoms with Gasteiger partial charge in [0.25, 0.3) is 0 Å². The molecule has 2 fully saturated rings. The average Bonchev–Trinajstić information content (AvgIpc) is 2.91. The van der Waals surface area contributed by atoms with Gasteiger partial charge in [0.2, 0.25) is 0 Å². The number of urea groups is 1. The van der Waals surface area contributed by atoms with E-state index in [0.717, 1.165) is 5.69 Å². The van der Waals surface area contributed by atoms with Gasteiger partial charge in [-0.05, 0) is 31.2 Å². The van der Waals surface area contributed by atoms with E-state index in [1.165, 1.54) is 0 Å². The van der Waals surface area contributed by atoms with Crippen LogP contribution in [0.1, 0.15) is 17.3 Å². The number of amides is 2. The maximum absolute atomic E-state index is 12.5. The summed E-state index contributed by atoms with van der Waals surface area (Å²) in [4.78, 5) is 29.4. The third-order valence-corrected chi connectivity index (χ3v) is 4.18. The second kappa shape index (κ2) is 6.16. The minimum absolute atomic E-state index is 0.0284. The van der Waals surface area contributed by atoms with Gasteiger partial charge in [0.15, 0.2) is 6.19 Å². The van der Waals surface area contributed by atoms with Gasteiger partial charge in [0.05, 0.1) is 24.8 Å². The van der Waals surface area contributed by atoms with Crippen molar-refractivity contribution < 1.29 is 14.3 Å². The molecular formula is C16H18N4O3. The molecule has 0 unspecified atom stereocenters. The molecule has 1 atom stereocenters. The molecular weight excluding hydrogens is 296 g/mol. The predicted molar refractivity (Wildman–Crippen MR) is 82.8 cm³/mol. The van der Waals surface area contributed by atoms with Crippen molar-refractivity contribution in [1.82, 2.24) is 9.80 Å². The zero-order chi connectivity index (χ0) is 16.4. The summed E-state index contributed by atoms with van der Waals surface area (Å²) in [5.41, 5.74) is 1.22. The number of fused-ring (bicyclic) bond motifs is 1. The second-order valence-electron chi connectivity index (χ2n) is 5.55. The first kappa shape index (κ1) is 15.2. The summed E-state index contributed by atoms with van der Waals surface area (Å²) in [7, 11) is 0. The minimum Gasteiger partial charge on any atom is -0.462 e. The molecule has 0 spiro atoms. The van der Waals surface area contributed by atoms with Gasteiger partial charge in [-0.3, -0.25) is 4.90 Å². The van der Waals surface area contributed by atoms with E-state index in [1.807, 2.05) is 4.90 Å². The standard InChI is InChI=1S/C16H18N4O3/c1-2-23-15(21)12-3-5-13(6-4-12)20-10-14-9-18(11-17)7-8-19(14)16(20)22/h3-6,14H,2,7-10H2,1H3/t14-/m1/s1. The Labute approximate surface area is 134 Å². The third kappa shape index (κ3) is 2.80. The topological polar surface area (TPSA) is 76.9 Å². The molecule has 7 heteroatoms. The highest BCUT2D eigenvalue weighted by Crippen LogP contribution is 2.26. The van der Waals surface area contributed by atoms with Crippen molar-refractivity contribution in [2.75, 3.05) is 37.7 Å². The Balaban J connectivity index is 1.74. The molecule has 7 nitrogen and oxygen atoms in total. The fraction of sp³-hybridized carbons (Fsp3) is 0.438. The molecule has 0 bridgehead atoms. The summed E-state index contributed by atoms with van der Waals surface area (Å²) in [5, 5.41) is 9.00. The van der Waals surface area contributed by atoms with Crippen molar-refractivity contribution in [2.24, 2.45) is 0 Å². The Morgan fingerprint density at radius 3 is 2.70 bits per heavy atom. The molecule has 2 heterocycles. The number of hydrogen-bond acceptors (Lipinski definition) is 5. The van der Waals surface area contributed by atoms with E-state index in [0.29, 0.717) is 38.3 Å². The molecule has 0 N–H and O–H groups in total. The molecule has 2 saturated heterocycles. The summed E-state index contributed by atoms with van der Waals surface area (Å²) in [6.45, 7) is 4.35. The largest absolute Gasteiger partial charge is 0.462 e. The van der Waals surface area contributed by atoms with Gasteiger partial charge in [-0.15, -0.1) is 0 Å². The number of anilines is 1. The van der Waals surface area contributed by atoms with Crippen LogP contribution in [0.2, 0.25) is 0 Å². The Hall–Kier alpha value is -2.75. The number of carbonyl (C=O) groups excluding carboxylic acids is 2. The van der Waals surface area contributed by atoms with Crippen LogP contribution in [0, 0.1) is 11.5 Å². The van der Waals surface area contributed by atoms with Crippen molar-refractivity contribution in [3.8, 4) is 6.19 Å². The molecule has 2 aliphatic heterocycles. The van der Waals surface area contributed by atoms with Crippen LogP contribution in [-0.2, 0) is 4.74 Å². The molecule has 23 heavy (non-hydrogen) atoms. The minimum atomic E-state index is -0.367. The van der Waals surface area contributed by atoms with Crippen LogP contribution < -0.4 is 4.90 Å². The average molecular weight is 314 g/mol. The lowest BCUT2D eigenvalue weighted by Gasteiger charge is -2.33. The lowest BCUT2D eigenvalue weighted by molar-refractivity contribution is 0.0526. The smallest absolute Gasteiger partial charge is 0.338 e. The molecule has 120 valence electrons.